The Labute approximate surface area is 145 Å². The van der Waals surface area contributed by atoms with Crippen LogP contribution in [-0.4, -0.2) is 10.9 Å². The molecule has 1 aliphatic carbocycles. The van der Waals surface area contributed by atoms with Crippen molar-refractivity contribution in [3.05, 3.63) is 45.8 Å². The smallest absolute Gasteiger partial charge is 0.217 e. The lowest BCUT2D eigenvalue weighted by Crippen LogP contribution is -2.18. The van der Waals surface area contributed by atoms with Crippen molar-refractivity contribution in [2.45, 2.75) is 39.2 Å². The van der Waals surface area contributed by atoms with Crippen LogP contribution in [0.5, 0.6) is 0 Å². The molecule has 3 rings (SSSR count). The van der Waals surface area contributed by atoms with E-state index in [1.165, 1.54) is 36.7 Å². The monoisotopic (exact) mass is 337 g/mol. The third-order valence-corrected chi connectivity index (χ3v) is 5.04. The van der Waals surface area contributed by atoms with Gasteiger partial charge in [-0.1, -0.05) is 24.3 Å². The van der Waals surface area contributed by atoms with Crippen molar-refractivity contribution in [3.8, 4) is 17.3 Å². The second-order valence-corrected chi connectivity index (χ2v) is 6.80. The van der Waals surface area contributed by atoms with Crippen LogP contribution >= 0.6 is 11.3 Å². The van der Waals surface area contributed by atoms with Gasteiger partial charge >= 0.3 is 0 Å². The fourth-order valence-electron chi connectivity index (χ4n) is 2.87. The molecule has 0 aliphatic heterocycles. The molecule has 1 aromatic carbocycles. The number of nitrogens with zero attached hydrogens (tertiary/aromatic N) is 2. The number of nitriles is 1. The molecule has 4 nitrogen and oxygen atoms in total. The molecule has 0 radical (unpaired) electrons. The topological polar surface area (TPSA) is 65.8 Å². The molecule has 1 N–H and O–H groups in total. The van der Waals surface area contributed by atoms with E-state index in [1.54, 1.807) is 0 Å². The van der Waals surface area contributed by atoms with Gasteiger partial charge in [0.1, 0.15) is 11.1 Å². The zero-order chi connectivity index (χ0) is 16.9. The van der Waals surface area contributed by atoms with Gasteiger partial charge in [0.25, 0.3) is 0 Å². The van der Waals surface area contributed by atoms with E-state index in [0.29, 0.717) is 6.54 Å². The maximum Gasteiger partial charge on any atom is 0.217 e. The third-order valence-electron chi connectivity index (χ3n) is 4.18. The highest BCUT2D eigenvalue weighted by molar-refractivity contribution is 7.11. The van der Waals surface area contributed by atoms with Crippen molar-refractivity contribution in [2.24, 2.45) is 0 Å². The SMILES string of the molecule is CC(=O)NCc1ccc(-c2csc(C(C#N)=C3CCCC3)n2)cc1. The fraction of sp³-hybridized carbons (Fsp3) is 0.316. The highest BCUT2D eigenvalue weighted by atomic mass is 32.1. The highest BCUT2D eigenvalue weighted by Crippen LogP contribution is 2.34. The van der Waals surface area contributed by atoms with E-state index < -0.39 is 0 Å². The minimum Gasteiger partial charge on any atom is -0.352 e. The number of nitrogens with one attached hydrogen (secondary N) is 1. The first-order valence-electron chi connectivity index (χ1n) is 8.09. The molecule has 1 aliphatic rings. The van der Waals surface area contributed by atoms with Gasteiger partial charge in [0.05, 0.1) is 11.3 Å². The lowest BCUT2D eigenvalue weighted by molar-refractivity contribution is -0.119. The Morgan fingerprint density at radius 2 is 2.00 bits per heavy atom. The van der Waals surface area contributed by atoms with Gasteiger partial charge in [-0.25, -0.2) is 4.98 Å². The van der Waals surface area contributed by atoms with Gasteiger partial charge in [-0.3, -0.25) is 4.79 Å². The first-order chi connectivity index (χ1) is 11.7. The molecule has 0 bridgehead atoms. The molecule has 1 fully saturated rings. The molecule has 0 atom stereocenters. The van der Waals surface area contributed by atoms with Crippen molar-refractivity contribution < 1.29 is 4.79 Å². The van der Waals surface area contributed by atoms with E-state index in [-0.39, 0.29) is 5.91 Å². The van der Waals surface area contributed by atoms with Gasteiger partial charge < -0.3 is 5.32 Å². The van der Waals surface area contributed by atoms with Crippen LogP contribution in [0.2, 0.25) is 0 Å². The van der Waals surface area contributed by atoms with Gasteiger partial charge in [0.2, 0.25) is 5.91 Å². The number of amides is 1. The number of aromatic nitrogens is 1. The Morgan fingerprint density at radius 1 is 1.29 bits per heavy atom. The maximum atomic E-state index is 11.0. The molecule has 0 unspecified atom stereocenters. The summed E-state index contributed by atoms with van der Waals surface area (Å²) in [6, 6.07) is 10.3. The van der Waals surface area contributed by atoms with Crippen LogP contribution in [0.4, 0.5) is 0 Å². The molecule has 24 heavy (non-hydrogen) atoms. The quantitative estimate of drug-likeness (QED) is 0.846. The van der Waals surface area contributed by atoms with Gasteiger partial charge in [0, 0.05) is 24.4 Å². The highest BCUT2D eigenvalue weighted by Gasteiger charge is 2.17. The lowest BCUT2D eigenvalue weighted by atomic mass is 10.1. The largest absolute Gasteiger partial charge is 0.352 e. The van der Waals surface area contributed by atoms with Crippen LogP contribution in [-0.2, 0) is 11.3 Å². The number of carbonyl (C=O) groups excluding carboxylic acids is 1. The van der Waals surface area contributed by atoms with Crippen LogP contribution in [0.25, 0.3) is 16.8 Å². The molecule has 0 saturated heterocycles. The zero-order valence-corrected chi connectivity index (χ0v) is 14.4. The summed E-state index contributed by atoms with van der Waals surface area (Å²) in [5, 5.41) is 15.1. The number of rotatable bonds is 4. The summed E-state index contributed by atoms with van der Waals surface area (Å²) in [5.41, 5.74) is 5.00. The molecule has 1 heterocycles. The minimum atomic E-state index is -0.0350. The Kier molecular flexibility index (Phi) is 5.07. The standard InChI is InChI=1S/C19H19N3OS/c1-13(23)21-11-14-6-8-16(9-7-14)18-12-24-19(22-18)17(10-20)15-4-2-3-5-15/h6-9,12H,2-5,11H2,1H3,(H,21,23). The van der Waals surface area contributed by atoms with Crippen LogP contribution in [0.15, 0.2) is 35.2 Å². The van der Waals surface area contributed by atoms with Crippen molar-refractivity contribution in [3.63, 3.8) is 0 Å². The van der Waals surface area contributed by atoms with Gasteiger partial charge in [-0.15, -0.1) is 11.3 Å². The van der Waals surface area contributed by atoms with Gasteiger partial charge in [-0.05, 0) is 36.8 Å². The Morgan fingerprint density at radius 3 is 2.62 bits per heavy atom. The number of thiazole rings is 1. The average molecular weight is 337 g/mol. The van der Waals surface area contributed by atoms with E-state index in [4.69, 9.17) is 0 Å². The molecule has 122 valence electrons. The fourth-order valence-corrected chi connectivity index (χ4v) is 3.74. The predicted molar refractivity (Wildman–Crippen MR) is 96.1 cm³/mol. The summed E-state index contributed by atoms with van der Waals surface area (Å²) in [4.78, 5) is 15.6. The lowest BCUT2D eigenvalue weighted by Gasteiger charge is -2.03. The molecular weight excluding hydrogens is 318 g/mol. The number of allylic oxidation sites excluding steroid dienone is 2. The second-order valence-electron chi connectivity index (χ2n) is 5.94. The van der Waals surface area contributed by atoms with Crippen LogP contribution in [0.3, 0.4) is 0 Å². The molecule has 2 aromatic rings. The Bertz CT molecular complexity index is 804. The maximum absolute atomic E-state index is 11.0. The number of hydrogen-bond donors (Lipinski definition) is 1. The van der Waals surface area contributed by atoms with Crippen LogP contribution in [0.1, 0.15) is 43.2 Å². The normalized spacial score (nSPS) is 13.6. The molecule has 1 aromatic heterocycles. The minimum absolute atomic E-state index is 0.0350. The molecule has 1 amide bonds. The first-order valence-corrected chi connectivity index (χ1v) is 8.97. The van der Waals surface area contributed by atoms with E-state index in [9.17, 15) is 10.1 Å². The first kappa shape index (κ1) is 16.4. The van der Waals surface area contributed by atoms with Gasteiger partial charge in [0.15, 0.2) is 0 Å². The molecule has 5 heteroatoms. The van der Waals surface area contributed by atoms with E-state index in [1.807, 2.05) is 29.6 Å². The number of benzene rings is 1. The van der Waals surface area contributed by atoms with Gasteiger partial charge in [-0.2, -0.15) is 5.26 Å². The summed E-state index contributed by atoms with van der Waals surface area (Å²) >= 11 is 1.53. The summed E-state index contributed by atoms with van der Waals surface area (Å²) in [7, 11) is 0. The Hall–Kier alpha value is -2.45. The van der Waals surface area contributed by atoms with Crippen molar-refractivity contribution in [1.29, 1.82) is 5.26 Å². The van der Waals surface area contributed by atoms with Crippen LogP contribution < -0.4 is 5.32 Å². The summed E-state index contributed by atoms with van der Waals surface area (Å²) < 4.78 is 0. The van der Waals surface area contributed by atoms with E-state index in [0.717, 1.165) is 40.2 Å². The van der Waals surface area contributed by atoms with Crippen molar-refractivity contribution in [1.82, 2.24) is 10.3 Å². The van der Waals surface area contributed by atoms with E-state index >= 15 is 0 Å². The van der Waals surface area contributed by atoms with Crippen molar-refractivity contribution in [2.75, 3.05) is 0 Å². The number of carbonyl (C=O) groups is 1. The van der Waals surface area contributed by atoms with E-state index in [2.05, 4.69) is 16.4 Å². The third kappa shape index (κ3) is 3.72. The predicted octanol–water partition coefficient (Wildman–Crippen LogP) is 4.30. The molecule has 1 saturated carbocycles. The second kappa shape index (κ2) is 7.41. The molecular formula is C19H19N3OS. The summed E-state index contributed by atoms with van der Waals surface area (Å²) in [6.45, 7) is 2.04. The summed E-state index contributed by atoms with van der Waals surface area (Å²) in [6.07, 6.45) is 4.40. The molecule has 0 spiro atoms. The zero-order valence-electron chi connectivity index (χ0n) is 13.6. The van der Waals surface area contributed by atoms with Crippen LogP contribution in [0, 0.1) is 11.3 Å². The average Bonchev–Trinajstić information content (AvgIpc) is 3.27. The summed E-state index contributed by atoms with van der Waals surface area (Å²) in [5.74, 6) is -0.0350. The Balaban J connectivity index is 1.79. The van der Waals surface area contributed by atoms with Crippen molar-refractivity contribution >= 4 is 22.8 Å². The number of hydrogen-bond acceptors (Lipinski definition) is 4.